The Hall–Kier alpha value is -1.53. The molecule has 0 aliphatic carbocycles. The van der Waals surface area contributed by atoms with Crippen molar-refractivity contribution >= 4 is 49.1 Å². The van der Waals surface area contributed by atoms with Crippen molar-refractivity contribution in [1.29, 1.82) is 0 Å². The van der Waals surface area contributed by atoms with E-state index in [4.69, 9.17) is 10.5 Å². The molecule has 0 aliphatic rings. The summed E-state index contributed by atoms with van der Waals surface area (Å²) < 4.78 is 7.04. The third-order valence-corrected chi connectivity index (χ3v) is 3.93. The van der Waals surface area contributed by atoms with E-state index in [2.05, 4.69) is 37.2 Å². The maximum absolute atomic E-state index is 12.3. The van der Waals surface area contributed by atoms with E-state index in [1.807, 2.05) is 25.1 Å². The summed E-state index contributed by atoms with van der Waals surface area (Å²) in [7, 11) is 0. The number of amides is 1. The highest BCUT2D eigenvalue weighted by atomic mass is 79.9. The molecule has 110 valence electrons. The van der Waals surface area contributed by atoms with Crippen LogP contribution in [0.5, 0.6) is 5.75 Å². The van der Waals surface area contributed by atoms with E-state index < -0.39 is 0 Å². The average molecular weight is 414 g/mol. The van der Waals surface area contributed by atoms with Crippen molar-refractivity contribution in [3.05, 3.63) is 50.9 Å². The molecular weight excluding hydrogens is 400 g/mol. The second kappa shape index (κ2) is 6.95. The molecule has 2 aromatic rings. The molecule has 0 unspecified atom stereocenters. The van der Waals surface area contributed by atoms with Crippen LogP contribution in [0.4, 0.5) is 11.4 Å². The number of carbonyl (C=O) groups excluding carboxylic acids is 1. The van der Waals surface area contributed by atoms with Gasteiger partial charge in [-0.1, -0.05) is 15.9 Å². The Bertz CT molecular complexity index is 675. The number of anilines is 2. The number of benzene rings is 2. The molecule has 0 aromatic heterocycles. The van der Waals surface area contributed by atoms with Gasteiger partial charge in [-0.15, -0.1) is 0 Å². The van der Waals surface area contributed by atoms with E-state index in [0.717, 1.165) is 8.95 Å². The molecule has 0 heterocycles. The lowest BCUT2D eigenvalue weighted by atomic mass is 10.1. The maximum atomic E-state index is 12.3. The number of rotatable bonds is 4. The molecule has 0 fully saturated rings. The average Bonchev–Trinajstić information content (AvgIpc) is 2.45. The standard InChI is InChI=1S/C15H14Br2N2O2/c1-2-21-14-6-3-9(7-12(14)18)15(20)19-13-8-10(16)4-5-11(13)17/h3-8H,2,18H2,1H3,(H,19,20). The molecule has 6 heteroatoms. The Morgan fingerprint density at radius 1 is 1.24 bits per heavy atom. The fourth-order valence-electron chi connectivity index (χ4n) is 1.76. The van der Waals surface area contributed by atoms with Crippen molar-refractivity contribution in [3.63, 3.8) is 0 Å². The molecule has 0 radical (unpaired) electrons. The number of ether oxygens (including phenoxy) is 1. The van der Waals surface area contributed by atoms with Crippen LogP contribution < -0.4 is 15.8 Å². The summed E-state index contributed by atoms with van der Waals surface area (Å²) in [4.78, 5) is 12.3. The smallest absolute Gasteiger partial charge is 0.255 e. The molecule has 0 atom stereocenters. The first-order valence-electron chi connectivity index (χ1n) is 6.30. The van der Waals surface area contributed by atoms with E-state index in [1.54, 1.807) is 18.2 Å². The Labute approximate surface area is 139 Å². The van der Waals surface area contributed by atoms with Crippen molar-refractivity contribution in [2.45, 2.75) is 6.92 Å². The normalized spacial score (nSPS) is 10.2. The van der Waals surface area contributed by atoms with Crippen LogP contribution in [0.1, 0.15) is 17.3 Å². The maximum Gasteiger partial charge on any atom is 0.255 e. The van der Waals surface area contributed by atoms with Crippen LogP contribution in [-0.2, 0) is 0 Å². The van der Waals surface area contributed by atoms with E-state index in [-0.39, 0.29) is 5.91 Å². The minimum atomic E-state index is -0.233. The van der Waals surface area contributed by atoms with Gasteiger partial charge < -0.3 is 15.8 Å². The van der Waals surface area contributed by atoms with Gasteiger partial charge in [0.2, 0.25) is 0 Å². The molecule has 0 aliphatic heterocycles. The van der Waals surface area contributed by atoms with Crippen LogP contribution in [0.25, 0.3) is 0 Å². The minimum absolute atomic E-state index is 0.233. The van der Waals surface area contributed by atoms with Gasteiger partial charge in [0.1, 0.15) is 5.75 Å². The lowest BCUT2D eigenvalue weighted by Gasteiger charge is -2.10. The Morgan fingerprint density at radius 3 is 2.67 bits per heavy atom. The SMILES string of the molecule is CCOc1ccc(C(=O)Nc2cc(Br)ccc2Br)cc1N. The molecule has 21 heavy (non-hydrogen) atoms. The first-order valence-corrected chi connectivity index (χ1v) is 7.88. The summed E-state index contributed by atoms with van der Waals surface area (Å²) in [5, 5.41) is 2.83. The van der Waals surface area contributed by atoms with E-state index in [1.165, 1.54) is 0 Å². The van der Waals surface area contributed by atoms with Crippen molar-refractivity contribution in [2.75, 3.05) is 17.7 Å². The largest absolute Gasteiger partial charge is 0.492 e. The van der Waals surface area contributed by atoms with Crippen molar-refractivity contribution in [2.24, 2.45) is 0 Å². The highest BCUT2D eigenvalue weighted by Gasteiger charge is 2.11. The van der Waals surface area contributed by atoms with Crippen LogP contribution in [0.15, 0.2) is 45.3 Å². The first-order chi connectivity index (χ1) is 10.0. The van der Waals surface area contributed by atoms with Gasteiger partial charge in [0.05, 0.1) is 18.0 Å². The molecule has 2 aromatic carbocycles. The number of nitrogens with two attached hydrogens (primary N) is 1. The van der Waals surface area contributed by atoms with Crippen molar-refractivity contribution in [3.8, 4) is 5.75 Å². The highest BCUT2D eigenvalue weighted by molar-refractivity contribution is 9.11. The molecule has 0 saturated heterocycles. The summed E-state index contributed by atoms with van der Waals surface area (Å²) in [5.74, 6) is 0.348. The van der Waals surface area contributed by atoms with Crippen molar-refractivity contribution in [1.82, 2.24) is 0 Å². The molecule has 0 bridgehead atoms. The number of hydrogen-bond donors (Lipinski definition) is 2. The number of nitrogens with one attached hydrogen (secondary N) is 1. The lowest BCUT2D eigenvalue weighted by Crippen LogP contribution is -2.13. The van der Waals surface area contributed by atoms with E-state index >= 15 is 0 Å². The number of carbonyl (C=O) groups is 1. The number of halogens is 2. The van der Waals surface area contributed by atoms with E-state index in [9.17, 15) is 4.79 Å². The van der Waals surface area contributed by atoms with Gasteiger partial charge >= 0.3 is 0 Å². The molecule has 2 rings (SSSR count). The molecule has 1 amide bonds. The zero-order valence-corrected chi connectivity index (χ0v) is 14.5. The van der Waals surface area contributed by atoms with E-state index in [0.29, 0.717) is 29.3 Å². The Morgan fingerprint density at radius 2 is 2.00 bits per heavy atom. The van der Waals surface area contributed by atoms with Gasteiger partial charge in [-0.05, 0) is 59.3 Å². The lowest BCUT2D eigenvalue weighted by molar-refractivity contribution is 0.102. The van der Waals surface area contributed by atoms with Crippen LogP contribution in [-0.4, -0.2) is 12.5 Å². The van der Waals surface area contributed by atoms with Gasteiger partial charge in [0, 0.05) is 14.5 Å². The number of hydrogen-bond acceptors (Lipinski definition) is 3. The summed E-state index contributed by atoms with van der Waals surface area (Å²) in [6.07, 6.45) is 0. The second-order valence-electron chi connectivity index (χ2n) is 4.26. The van der Waals surface area contributed by atoms with Gasteiger partial charge in [0.25, 0.3) is 5.91 Å². The molecule has 0 saturated carbocycles. The van der Waals surface area contributed by atoms with Crippen LogP contribution in [0, 0.1) is 0 Å². The third kappa shape index (κ3) is 3.98. The highest BCUT2D eigenvalue weighted by Crippen LogP contribution is 2.27. The first kappa shape index (κ1) is 15.9. The predicted molar refractivity (Wildman–Crippen MR) is 91.8 cm³/mol. The minimum Gasteiger partial charge on any atom is -0.492 e. The predicted octanol–water partition coefficient (Wildman–Crippen LogP) is 4.44. The monoisotopic (exact) mass is 412 g/mol. The summed E-state index contributed by atoms with van der Waals surface area (Å²) in [5.41, 5.74) is 7.47. The zero-order chi connectivity index (χ0) is 15.4. The Balaban J connectivity index is 2.20. The fourth-order valence-corrected chi connectivity index (χ4v) is 2.47. The fraction of sp³-hybridized carbons (Fsp3) is 0.133. The van der Waals surface area contributed by atoms with Crippen LogP contribution in [0.3, 0.4) is 0 Å². The third-order valence-electron chi connectivity index (χ3n) is 2.75. The molecule has 4 nitrogen and oxygen atoms in total. The summed E-state index contributed by atoms with van der Waals surface area (Å²) in [6, 6.07) is 10.5. The second-order valence-corrected chi connectivity index (χ2v) is 6.03. The van der Waals surface area contributed by atoms with Crippen LogP contribution >= 0.6 is 31.9 Å². The van der Waals surface area contributed by atoms with Gasteiger partial charge in [0.15, 0.2) is 0 Å². The van der Waals surface area contributed by atoms with Gasteiger partial charge in [-0.2, -0.15) is 0 Å². The molecule has 0 spiro atoms. The summed E-state index contributed by atoms with van der Waals surface area (Å²) >= 11 is 6.77. The quantitative estimate of drug-likeness (QED) is 0.728. The molecule has 3 N–H and O–H groups in total. The zero-order valence-electron chi connectivity index (χ0n) is 11.3. The topological polar surface area (TPSA) is 64.3 Å². The Kier molecular flexibility index (Phi) is 5.25. The summed E-state index contributed by atoms with van der Waals surface area (Å²) in [6.45, 7) is 2.41. The van der Waals surface area contributed by atoms with Crippen LogP contribution in [0.2, 0.25) is 0 Å². The van der Waals surface area contributed by atoms with Gasteiger partial charge in [-0.3, -0.25) is 4.79 Å². The molecular formula is C15H14Br2N2O2. The van der Waals surface area contributed by atoms with Gasteiger partial charge in [-0.25, -0.2) is 0 Å². The van der Waals surface area contributed by atoms with Crippen molar-refractivity contribution < 1.29 is 9.53 Å². The number of nitrogen functional groups attached to an aromatic ring is 1.